The number of amides is 1. The Balaban J connectivity index is 1.53. The van der Waals surface area contributed by atoms with Crippen molar-refractivity contribution in [1.29, 1.82) is 0 Å². The van der Waals surface area contributed by atoms with E-state index in [4.69, 9.17) is 27.1 Å². The number of nitrogens with zero attached hydrogens (tertiary/aromatic N) is 2. The van der Waals surface area contributed by atoms with Crippen molar-refractivity contribution in [3.8, 4) is 16.9 Å². The lowest BCUT2D eigenvalue weighted by Crippen LogP contribution is -2.55. The molecular weight excluding hydrogens is 470 g/mol. The molecule has 4 atom stereocenters. The van der Waals surface area contributed by atoms with Crippen LogP contribution >= 0.6 is 23.4 Å². The van der Waals surface area contributed by atoms with E-state index in [9.17, 15) is 13.6 Å². The van der Waals surface area contributed by atoms with Gasteiger partial charge < -0.3 is 15.8 Å². The molecule has 3 heterocycles. The van der Waals surface area contributed by atoms with Gasteiger partial charge >= 0.3 is 5.92 Å². The van der Waals surface area contributed by atoms with Gasteiger partial charge in [-0.2, -0.15) is 8.78 Å². The fourth-order valence-electron chi connectivity index (χ4n) is 5.09. The normalized spacial score (nSPS) is 28.5. The van der Waals surface area contributed by atoms with Crippen LogP contribution in [0.15, 0.2) is 41.7 Å². The quantitative estimate of drug-likeness (QED) is 0.664. The van der Waals surface area contributed by atoms with Crippen LogP contribution in [0, 0.1) is 5.92 Å². The summed E-state index contributed by atoms with van der Waals surface area (Å²) in [7, 11) is 0. The summed E-state index contributed by atoms with van der Waals surface area (Å²) in [6.07, 6.45) is 4.85. The van der Waals surface area contributed by atoms with E-state index in [1.165, 1.54) is 11.8 Å². The van der Waals surface area contributed by atoms with Gasteiger partial charge in [-0.1, -0.05) is 29.4 Å². The van der Waals surface area contributed by atoms with Crippen molar-refractivity contribution in [3.05, 3.63) is 47.2 Å². The van der Waals surface area contributed by atoms with Gasteiger partial charge in [-0.25, -0.2) is 4.99 Å². The van der Waals surface area contributed by atoms with E-state index in [0.717, 1.165) is 22.4 Å². The summed E-state index contributed by atoms with van der Waals surface area (Å²) < 4.78 is 33.3. The Kier molecular flexibility index (Phi) is 5.52. The molecular formula is C23H23ClF2N4O2S. The second kappa shape index (κ2) is 8.13. The lowest BCUT2D eigenvalue weighted by atomic mass is 9.67. The number of hydrogen-bond donors (Lipinski definition) is 2. The smallest absolute Gasteiger partial charge is 0.321 e. The highest BCUT2D eigenvalue weighted by atomic mass is 35.5. The van der Waals surface area contributed by atoms with E-state index in [0.29, 0.717) is 42.1 Å². The average Bonchev–Trinajstić information content (AvgIpc) is 3.16. The second-order valence-corrected chi connectivity index (χ2v) is 10.3. The number of hydrogen-bond acceptors (Lipinski definition) is 6. The number of nitrogens with two attached hydrogens (primary N) is 1. The number of aliphatic imine (C=N–C) groups is 1. The number of halogens is 3. The van der Waals surface area contributed by atoms with Crippen LogP contribution in [0.4, 0.5) is 8.78 Å². The third kappa shape index (κ3) is 4.05. The van der Waals surface area contributed by atoms with E-state index < -0.39 is 17.4 Å². The molecule has 174 valence electrons. The first-order valence-electron chi connectivity index (χ1n) is 10.7. The van der Waals surface area contributed by atoms with Crippen LogP contribution in [0.2, 0.25) is 5.02 Å². The molecule has 5 rings (SSSR count). The molecule has 1 aromatic heterocycles. The average molecular weight is 493 g/mol. The molecule has 1 spiro atoms. The molecule has 1 amide bonds. The van der Waals surface area contributed by atoms with Crippen LogP contribution in [-0.4, -0.2) is 39.9 Å². The van der Waals surface area contributed by atoms with Crippen molar-refractivity contribution in [3.63, 3.8) is 0 Å². The summed E-state index contributed by atoms with van der Waals surface area (Å²) in [6, 6.07) is 7.39. The summed E-state index contributed by atoms with van der Waals surface area (Å²) in [6.45, 7) is 0.611. The van der Waals surface area contributed by atoms with Crippen LogP contribution in [0.5, 0.6) is 5.75 Å². The Morgan fingerprint density at radius 1 is 1.30 bits per heavy atom. The largest absolute Gasteiger partial charge is 0.490 e. The van der Waals surface area contributed by atoms with Gasteiger partial charge in [-0.3, -0.25) is 9.78 Å². The Morgan fingerprint density at radius 2 is 2.12 bits per heavy atom. The highest BCUT2D eigenvalue weighted by Crippen LogP contribution is 2.55. The van der Waals surface area contributed by atoms with Crippen LogP contribution in [-0.2, 0) is 10.3 Å². The van der Waals surface area contributed by atoms with Gasteiger partial charge in [-0.05, 0) is 43.0 Å². The second-order valence-electron chi connectivity index (χ2n) is 8.90. The van der Waals surface area contributed by atoms with E-state index in [-0.39, 0.29) is 18.1 Å². The van der Waals surface area contributed by atoms with Crippen molar-refractivity contribution in [1.82, 2.24) is 10.3 Å². The van der Waals surface area contributed by atoms with Gasteiger partial charge in [-0.15, -0.1) is 0 Å². The van der Waals surface area contributed by atoms with Crippen LogP contribution < -0.4 is 15.8 Å². The zero-order chi connectivity index (χ0) is 23.4. The lowest BCUT2D eigenvalue weighted by molar-refractivity contribution is -0.144. The maximum absolute atomic E-state index is 13.5. The first-order chi connectivity index (χ1) is 15.7. The number of alkyl halides is 2. The molecule has 1 aliphatic carbocycles. The van der Waals surface area contributed by atoms with Crippen molar-refractivity contribution in [2.45, 2.75) is 49.8 Å². The van der Waals surface area contributed by atoms with Crippen molar-refractivity contribution >= 4 is 34.4 Å². The maximum Gasteiger partial charge on any atom is 0.321 e. The molecule has 2 aliphatic heterocycles. The van der Waals surface area contributed by atoms with Crippen molar-refractivity contribution in [2.24, 2.45) is 16.6 Å². The molecule has 1 fully saturated rings. The number of fused-ring (bicyclic) bond motifs is 4. The topological polar surface area (TPSA) is 89.6 Å². The summed E-state index contributed by atoms with van der Waals surface area (Å²) >= 11 is 7.62. The molecule has 0 bridgehead atoms. The summed E-state index contributed by atoms with van der Waals surface area (Å²) in [4.78, 5) is 21.0. The highest BCUT2D eigenvalue weighted by molar-refractivity contribution is 8.14. The molecule has 10 heteroatoms. The zero-order valence-electron chi connectivity index (χ0n) is 17.9. The minimum Gasteiger partial charge on any atom is -0.490 e. The van der Waals surface area contributed by atoms with Crippen molar-refractivity contribution < 1.29 is 18.3 Å². The third-order valence-corrected chi connectivity index (χ3v) is 7.82. The third-order valence-electron chi connectivity index (χ3n) is 6.65. The van der Waals surface area contributed by atoms with Gasteiger partial charge in [0.2, 0.25) is 0 Å². The Hall–Kier alpha value is -2.39. The minimum absolute atomic E-state index is 0.115. The number of rotatable bonds is 3. The number of benzene rings is 1. The van der Waals surface area contributed by atoms with Gasteiger partial charge in [0.1, 0.15) is 17.4 Å². The number of nitrogens with one attached hydrogen (secondary N) is 1. The Labute approximate surface area is 199 Å². The predicted octanol–water partition coefficient (Wildman–Crippen LogP) is 4.36. The molecule has 1 saturated carbocycles. The molecule has 3 N–H and O–H groups in total. The predicted molar refractivity (Wildman–Crippen MR) is 125 cm³/mol. The van der Waals surface area contributed by atoms with E-state index in [1.807, 2.05) is 24.3 Å². The maximum atomic E-state index is 13.5. The number of ether oxygens (including phenoxy) is 1. The fraction of sp³-hybridized carbons (Fsp3) is 0.435. The number of aromatic nitrogens is 1. The highest BCUT2D eigenvalue weighted by Gasteiger charge is 2.55. The standard InChI is InChI=1S/C23H23ClF2N4O2S/c1-22(25,26)20(31)29-15-3-5-19-17(8-15)23(11-33-21(27)30-23)16-7-12(2-4-18(16)32-19)13-6-14(24)10-28-9-13/h2,4,6-7,9-10,15,17,19H,3,5,8,11H2,1H3,(H2,27,30)(H,29,31). The summed E-state index contributed by atoms with van der Waals surface area (Å²) in [5, 5.41) is 3.55. The number of amidine groups is 1. The molecule has 6 nitrogen and oxygen atoms in total. The Morgan fingerprint density at radius 3 is 2.82 bits per heavy atom. The van der Waals surface area contributed by atoms with Gasteiger partial charge in [0.15, 0.2) is 5.17 Å². The monoisotopic (exact) mass is 492 g/mol. The number of pyridine rings is 1. The van der Waals surface area contributed by atoms with Gasteiger partial charge in [0.05, 0.1) is 5.02 Å². The molecule has 1 aromatic carbocycles. The van der Waals surface area contributed by atoms with E-state index >= 15 is 0 Å². The molecule has 33 heavy (non-hydrogen) atoms. The molecule has 0 radical (unpaired) electrons. The number of carbonyl (C=O) groups excluding carboxylic acids is 1. The summed E-state index contributed by atoms with van der Waals surface area (Å²) in [5.74, 6) is -3.42. The van der Waals surface area contributed by atoms with Crippen LogP contribution in [0.3, 0.4) is 0 Å². The van der Waals surface area contributed by atoms with Gasteiger partial charge in [0.25, 0.3) is 5.91 Å². The van der Waals surface area contributed by atoms with Gasteiger partial charge in [0, 0.05) is 48.2 Å². The van der Waals surface area contributed by atoms with Crippen LogP contribution in [0.25, 0.3) is 11.1 Å². The zero-order valence-corrected chi connectivity index (χ0v) is 19.4. The first kappa shape index (κ1) is 22.4. The molecule has 0 saturated heterocycles. The lowest BCUT2D eigenvalue weighted by Gasteiger charge is -2.48. The molecule has 4 unspecified atom stereocenters. The van der Waals surface area contributed by atoms with Crippen molar-refractivity contribution in [2.75, 3.05) is 5.75 Å². The fourth-order valence-corrected chi connectivity index (χ4v) is 6.29. The SMILES string of the molecule is CC(F)(F)C(=O)NC1CCC2Oc3ccc(-c4cncc(Cl)c4)cc3C3(CSC(N)=N3)C2C1. The summed E-state index contributed by atoms with van der Waals surface area (Å²) in [5.41, 5.74) is 8.17. The molecule has 3 aliphatic rings. The first-order valence-corrected chi connectivity index (χ1v) is 12.1. The molecule has 2 aromatic rings. The number of thioether (sulfide) groups is 1. The Bertz CT molecular complexity index is 1140. The van der Waals surface area contributed by atoms with E-state index in [1.54, 1.807) is 12.4 Å². The van der Waals surface area contributed by atoms with E-state index in [2.05, 4.69) is 10.3 Å². The number of carbonyl (C=O) groups is 1. The van der Waals surface area contributed by atoms with Crippen LogP contribution in [0.1, 0.15) is 31.7 Å². The minimum atomic E-state index is -3.42.